The highest BCUT2D eigenvalue weighted by atomic mass is 31.0. The molecule has 0 aromatic rings. The number of rotatable bonds is 7. The van der Waals surface area contributed by atoms with E-state index < -0.39 is 0 Å². The minimum atomic E-state index is 0.00560. The molecule has 0 fully saturated rings. The number of amides is 1. The molecule has 0 aliphatic rings. The van der Waals surface area contributed by atoms with Gasteiger partial charge < -0.3 is 10.1 Å². The zero-order chi connectivity index (χ0) is 9.94. The molecule has 0 saturated heterocycles. The van der Waals surface area contributed by atoms with Crippen LogP contribution in [0.4, 0.5) is 0 Å². The third-order valence-electron chi connectivity index (χ3n) is 1.19. The van der Waals surface area contributed by atoms with Gasteiger partial charge in [0.05, 0.1) is 18.3 Å². The molecule has 74 valence electrons. The second kappa shape index (κ2) is 9.33. The van der Waals surface area contributed by atoms with E-state index in [0.717, 1.165) is 0 Å². The van der Waals surface area contributed by atoms with E-state index in [1.807, 2.05) is 0 Å². The molecule has 0 rings (SSSR count). The molecule has 0 heterocycles. The van der Waals surface area contributed by atoms with Crippen molar-refractivity contribution in [2.75, 3.05) is 32.5 Å². The van der Waals surface area contributed by atoms with Crippen LogP contribution in [0.5, 0.6) is 0 Å². The average Bonchev–Trinajstić information content (AvgIpc) is 2.16. The number of nitrogens with one attached hydrogen (secondary N) is 1. The van der Waals surface area contributed by atoms with Gasteiger partial charge in [-0.15, -0.1) is 9.24 Å². The lowest BCUT2D eigenvalue weighted by molar-refractivity contribution is -0.118. The first-order valence-corrected chi connectivity index (χ1v) is 4.80. The summed E-state index contributed by atoms with van der Waals surface area (Å²) in [7, 11) is 2.35. The molecule has 0 aliphatic heterocycles. The Bertz CT molecular complexity index is 192. The minimum absolute atomic E-state index is 0.00560. The van der Waals surface area contributed by atoms with E-state index >= 15 is 0 Å². The van der Waals surface area contributed by atoms with E-state index in [-0.39, 0.29) is 5.91 Å². The molecule has 0 spiro atoms. The van der Waals surface area contributed by atoms with Crippen LogP contribution < -0.4 is 5.32 Å². The molecular formula is C7H15N3O2P+. The monoisotopic (exact) mass is 204 g/mol. The molecule has 0 radical (unpaired) electrons. The first-order valence-electron chi connectivity index (χ1n) is 3.98. The number of nitrogens with zero attached hydrogens (tertiary/aromatic N) is 2. The van der Waals surface area contributed by atoms with Gasteiger partial charge in [-0.05, 0) is 0 Å². The van der Waals surface area contributed by atoms with E-state index in [9.17, 15) is 4.79 Å². The Balaban J connectivity index is 3.08. The van der Waals surface area contributed by atoms with Crippen molar-refractivity contribution < 1.29 is 14.3 Å². The molecule has 5 nitrogen and oxygen atoms in total. The van der Waals surface area contributed by atoms with Gasteiger partial charge in [0.2, 0.25) is 5.91 Å². The summed E-state index contributed by atoms with van der Waals surface area (Å²) in [5, 5.41) is 6.29. The second-order valence-electron chi connectivity index (χ2n) is 2.17. The quantitative estimate of drug-likeness (QED) is 0.197. The number of carbonyl (C=O) groups excluding carboxylic acids is 1. The highest BCUT2D eigenvalue weighted by Gasteiger charge is 1.94. The molecular weight excluding hydrogens is 189 g/mol. The predicted molar refractivity (Wildman–Crippen MR) is 53.1 cm³/mol. The zero-order valence-corrected chi connectivity index (χ0v) is 8.69. The average molecular weight is 204 g/mol. The fourth-order valence-electron chi connectivity index (χ4n) is 0.613. The van der Waals surface area contributed by atoms with E-state index in [4.69, 9.17) is 4.74 Å². The van der Waals surface area contributed by atoms with Crippen LogP contribution in [0.1, 0.15) is 0 Å². The summed E-state index contributed by atoms with van der Waals surface area (Å²) < 4.78 is 5.13. The molecule has 0 aliphatic carbocycles. The van der Waals surface area contributed by atoms with Crippen molar-refractivity contribution in [1.82, 2.24) is 5.32 Å². The van der Waals surface area contributed by atoms with E-state index in [0.29, 0.717) is 32.5 Å². The summed E-state index contributed by atoms with van der Waals surface area (Å²) in [5.74, 6) is 0.00560. The fourth-order valence-corrected chi connectivity index (χ4v) is 0.757. The standard InChI is InChI=1S/C7H14N3O2P/c1-8-10-3-5-12-4-2-9-7(11)6-13/h1-6,13H2/p+1. The Morgan fingerprint density at radius 1 is 1.62 bits per heavy atom. The summed E-state index contributed by atoms with van der Waals surface area (Å²) >= 11 is 0. The van der Waals surface area contributed by atoms with Crippen molar-refractivity contribution in [1.29, 1.82) is 0 Å². The molecule has 1 unspecified atom stereocenters. The maximum Gasteiger partial charge on any atom is 0.295 e. The minimum Gasteiger partial charge on any atom is -0.377 e. The van der Waals surface area contributed by atoms with Crippen LogP contribution in [0.3, 0.4) is 0 Å². The van der Waals surface area contributed by atoms with Gasteiger partial charge in [-0.1, -0.05) is 0 Å². The third-order valence-corrected chi connectivity index (χ3v) is 1.56. The van der Waals surface area contributed by atoms with Crippen LogP contribution >= 0.6 is 9.24 Å². The molecule has 0 bridgehead atoms. The van der Waals surface area contributed by atoms with Crippen LogP contribution in [-0.4, -0.2) is 49.9 Å². The Kier molecular flexibility index (Phi) is 8.78. The Morgan fingerprint density at radius 2 is 2.38 bits per heavy atom. The molecule has 0 aromatic heterocycles. The van der Waals surface area contributed by atoms with Crippen molar-refractivity contribution in [3.8, 4) is 0 Å². The van der Waals surface area contributed by atoms with E-state index in [1.165, 1.54) is 0 Å². The maximum atomic E-state index is 10.7. The Morgan fingerprint density at radius 3 is 3.00 bits per heavy atom. The largest absolute Gasteiger partial charge is 0.377 e. The van der Waals surface area contributed by atoms with Gasteiger partial charge in [0, 0.05) is 17.5 Å². The maximum absolute atomic E-state index is 10.7. The number of hydrogen-bond acceptors (Lipinski definition) is 3. The van der Waals surface area contributed by atoms with Gasteiger partial charge in [0.25, 0.3) is 6.72 Å². The molecule has 1 N–H and O–H groups in total. The smallest absolute Gasteiger partial charge is 0.295 e. The normalized spacial score (nSPS) is 9.00. The van der Waals surface area contributed by atoms with Crippen molar-refractivity contribution in [3.05, 3.63) is 0 Å². The van der Waals surface area contributed by atoms with Crippen LogP contribution in [0.15, 0.2) is 5.11 Å². The summed E-state index contributed by atoms with van der Waals surface area (Å²) in [6, 6.07) is 0. The number of carbonyl (C=O) groups is 1. The summed E-state index contributed by atoms with van der Waals surface area (Å²) in [4.78, 5) is 14.0. The third kappa shape index (κ3) is 9.15. The summed E-state index contributed by atoms with van der Waals surface area (Å²) in [6.07, 6.45) is 0.426. The first kappa shape index (κ1) is 12.2. The topological polar surface area (TPSA) is 64.8 Å². The SMILES string of the molecule is C=[N+]=NCCOCCNC(=O)CP. The lowest BCUT2D eigenvalue weighted by Gasteiger charge is -2.02. The molecule has 0 saturated carbocycles. The van der Waals surface area contributed by atoms with Crippen LogP contribution in [0, 0.1) is 0 Å². The van der Waals surface area contributed by atoms with Crippen LogP contribution in [0.2, 0.25) is 0 Å². The van der Waals surface area contributed by atoms with E-state index in [2.05, 4.69) is 31.2 Å². The zero-order valence-electron chi connectivity index (χ0n) is 7.53. The lowest BCUT2D eigenvalue weighted by Crippen LogP contribution is -2.28. The highest BCUT2D eigenvalue weighted by molar-refractivity contribution is 7.18. The van der Waals surface area contributed by atoms with Crippen molar-refractivity contribution in [2.24, 2.45) is 5.11 Å². The Hall–Kier alpha value is -0.760. The van der Waals surface area contributed by atoms with Gasteiger partial charge in [0.1, 0.15) is 6.54 Å². The molecule has 1 amide bonds. The van der Waals surface area contributed by atoms with Gasteiger partial charge in [-0.2, -0.15) is 0 Å². The van der Waals surface area contributed by atoms with Gasteiger partial charge in [0.15, 0.2) is 0 Å². The lowest BCUT2D eigenvalue weighted by atomic mass is 10.6. The van der Waals surface area contributed by atoms with Gasteiger partial charge in [-0.25, -0.2) is 0 Å². The van der Waals surface area contributed by atoms with Crippen molar-refractivity contribution in [3.63, 3.8) is 0 Å². The van der Waals surface area contributed by atoms with Crippen molar-refractivity contribution >= 4 is 21.9 Å². The van der Waals surface area contributed by atoms with E-state index in [1.54, 1.807) is 0 Å². The second-order valence-corrected chi connectivity index (χ2v) is 2.58. The van der Waals surface area contributed by atoms with Crippen LogP contribution in [0.25, 0.3) is 0 Å². The number of ether oxygens (including phenoxy) is 1. The molecule has 1 atom stereocenters. The van der Waals surface area contributed by atoms with Crippen molar-refractivity contribution in [2.45, 2.75) is 0 Å². The first-order chi connectivity index (χ1) is 6.31. The molecule has 6 heteroatoms. The summed E-state index contributed by atoms with van der Waals surface area (Å²) in [6.45, 7) is 5.26. The predicted octanol–water partition coefficient (Wildman–Crippen LogP) is -0.645. The van der Waals surface area contributed by atoms with Crippen LogP contribution in [-0.2, 0) is 9.53 Å². The van der Waals surface area contributed by atoms with Gasteiger partial charge in [-0.3, -0.25) is 4.79 Å². The highest BCUT2D eigenvalue weighted by Crippen LogP contribution is 1.79. The van der Waals surface area contributed by atoms with Gasteiger partial charge >= 0.3 is 0 Å². The number of hydrogen-bond donors (Lipinski definition) is 1. The fraction of sp³-hybridized carbons (Fsp3) is 0.714. The molecule has 0 aromatic carbocycles. The Labute approximate surface area is 79.9 Å². The summed E-state index contributed by atoms with van der Waals surface area (Å²) in [5.41, 5.74) is 0. The molecule has 13 heavy (non-hydrogen) atoms.